The highest BCUT2D eigenvalue weighted by Gasteiger charge is 2.35. The number of aryl methyl sites for hydroxylation is 1. The summed E-state index contributed by atoms with van der Waals surface area (Å²) in [4.78, 5) is 4.63. The lowest BCUT2D eigenvalue weighted by atomic mass is 9.53. The van der Waals surface area contributed by atoms with Crippen molar-refractivity contribution in [2.24, 2.45) is 11.8 Å². The number of fused-ring (bicyclic) bond motifs is 6. The summed E-state index contributed by atoms with van der Waals surface area (Å²) in [6, 6.07) is 21.9. The first kappa shape index (κ1) is 20.6. The first-order valence-electron chi connectivity index (χ1n) is 12.0. The lowest BCUT2D eigenvalue weighted by Crippen LogP contribution is -2.35. The first-order chi connectivity index (χ1) is 15.1. The van der Waals surface area contributed by atoms with Crippen LogP contribution in [0, 0.1) is 18.8 Å². The predicted octanol–water partition coefficient (Wildman–Crippen LogP) is 7.47. The molecule has 3 aromatic rings. The zero-order chi connectivity index (χ0) is 21.3. The molecule has 1 nitrogen and oxygen atoms in total. The van der Waals surface area contributed by atoms with Gasteiger partial charge in [-0.15, -0.1) is 0 Å². The van der Waals surface area contributed by atoms with Crippen LogP contribution in [0.15, 0.2) is 66.9 Å². The maximum atomic E-state index is 7.14. The van der Waals surface area contributed by atoms with Crippen molar-refractivity contribution in [1.29, 1.82) is 0 Å². The predicted molar refractivity (Wildman–Crippen MR) is 131 cm³/mol. The molecule has 2 heteroatoms. The van der Waals surface area contributed by atoms with E-state index < -0.39 is 0 Å². The summed E-state index contributed by atoms with van der Waals surface area (Å²) in [6.45, 7) is 2.14. The molecule has 1 aromatic heterocycles. The van der Waals surface area contributed by atoms with Gasteiger partial charge in [-0.05, 0) is 65.7 Å². The number of pyridine rings is 1. The summed E-state index contributed by atoms with van der Waals surface area (Å²) in [5.41, 5.74) is 7.24. The summed E-state index contributed by atoms with van der Waals surface area (Å²) in [7, 11) is 7.14. The number of nitrogens with zero attached hydrogens (tertiary/aromatic N) is 1. The number of hydrogen-bond acceptors (Lipinski definition) is 1. The minimum absolute atomic E-state index is 0.167. The van der Waals surface area contributed by atoms with E-state index in [1.54, 1.807) is 0 Å². The standard InChI is InChI=1S/C29H32BN/c1-21-6-2-3-11-27(21)28-18-25(16-17-31-28)24-12-14-26(15-13-24)29(30)19-22-7-4-8-23(20-29)10-5-9-22/h2-3,6,11-18,22-23H,4-5,7-10,19-20H2,1H3. The van der Waals surface area contributed by atoms with Crippen LogP contribution in [0.25, 0.3) is 22.4 Å². The highest BCUT2D eigenvalue weighted by molar-refractivity contribution is 6.16. The van der Waals surface area contributed by atoms with Crippen molar-refractivity contribution in [3.8, 4) is 22.4 Å². The largest absolute Gasteiger partial charge is 0.256 e. The van der Waals surface area contributed by atoms with Crippen LogP contribution in [0.3, 0.4) is 0 Å². The van der Waals surface area contributed by atoms with Gasteiger partial charge in [0.2, 0.25) is 0 Å². The molecule has 3 fully saturated rings. The van der Waals surface area contributed by atoms with Crippen LogP contribution in [-0.2, 0) is 5.31 Å². The van der Waals surface area contributed by atoms with Crippen molar-refractivity contribution >= 4 is 7.85 Å². The van der Waals surface area contributed by atoms with E-state index in [4.69, 9.17) is 7.85 Å². The topological polar surface area (TPSA) is 12.9 Å². The molecule has 0 aliphatic heterocycles. The van der Waals surface area contributed by atoms with Gasteiger partial charge in [0, 0.05) is 11.8 Å². The lowest BCUT2D eigenvalue weighted by molar-refractivity contribution is 0.207. The van der Waals surface area contributed by atoms with Gasteiger partial charge < -0.3 is 0 Å². The van der Waals surface area contributed by atoms with Crippen LogP contribution < -0.4 is 0 Å². The van der Waals surface area contributed by atoms with Gasteiger partial charge in [-0.25, -0.2) is 0 Å². The van der Waals surface area contributed by atoms with Crippen LogP contribution in [0.2, 0.25) is 0 Å². The van der Waals surface area contributed by atoms with Gasteiger partial charge in [0.15, 0.2) is 0 Å². The van der Waals surface area contributed by atoms with Gasteiger partial charge in [0.05, 0.1) is 13.5 Å². The van der Waals surface area contributed by atoms with Gasteiger partial charge in [0.1, 0.15) is 0 Å². The molecule has 156 valence electrons. The minimum atomic E-state index is -0.167. The average molecular weight is 405 g/mol. The van der Waals surface area contributed by atoms with E-state index in [2.05, 4.69) is 72.6 Å². The molecular formula is C29H32BN. The van der Waals surface area contributed by atoms with Gasteiger partial charge in [-0.2, -0.15) is 0 Å². The molecule has 31 heavy (non-hydrogen) atoms. The second kappa shape index (κ2) is 8.65. The molecule has 3 aliphatic rings. The Kier molecular flexibility index (Phi) is 5.74. The molecule has 0 saturated heterocycles. The number of aromatic nitrogens is 1. The maximum Gasteiger partial charge on any atom is 0.0810 e. The average Bonchev–Trinajstić information content (AvgIpc) is 2.75. The fraction of sp³-hybridized carbons (Fsp3) is 0.414. The highest BCUT2D eigenvalue weighted by atomic mass is 14.7. The van der Waals surface area contributed by atoms with Crippen molar-refractivity contribution in [3.05, 3.63) is 78.0 Å². The molecule has 2 aromatic carbocycles. The third kappa shape index (κ3) is 4.35. The third-order valence-electron chi connectivity index (χ3n) is 7.73. The molecule has 0 unspecified atom stereocenters. The Morgan fingerprint density at radius 1 is 0.806 bits per heavy atom. The second-order valence-corrected chi connectivity index (χ2v) is 9.98. The molecule has 2 radical (unpaired) electrons. The number of benzene rings is 2. The van der Waals surface area contributed by atoms with Crippen molar-refractivity contribution in [2.45, 2.75) is 63.6 Å². The second-order valence-electron chi connectivity index (χ2n) is 9.98. The molecule has 0 atom stereocenters. The van der Waals surface area contributed by atoms with Gasteiger partial charge in [0.25, 0.3) is 0 Å². The lowest BCUT2D eigenvalue weighted by Gasteiger charge is -2.42. The first-order valence-corrected chi connectivity index (χ1v) is 12.0. The van der Waals surface area contributed by atoms with Crippen molar-refractivity contribution < 1.29 is 0 Å². The fourth-order valence-corrected chi connectivity index (χ4v) is 6.05. The Hall–Kier alpha value is -2.35. The molecule has 0 amide bonds. The quantitative estimate of drug-likeness (QED) is 0.412. The van der Waals surface area contributed by atoms with Gasteiger partial charge in [-0.3, -0.25) is 4.98 Å². The van der Waals surface area contributed by atoms with Crippen molar-refractivity contribution in [3.63, 3.8) is 0 Å². The van der Waals surface area contributed by atoms with Crippen molar-refractivity contribution in [1.82, 2.24) is 4.98 Å². The molecule has 0 spiro atoms. The van der Waals surface area contributed by atoms with Gasteiger partial charge >= 0.3 is 0 Å². The molecule has 2 bridgehead atoms. The van der Waals surface area contributed by atoms with E-state index in [0.717, 1.165) is 30.4 Å². The monoisotopic (exact) mass is 405 g/mol. The maximum absolute atomic E-state index is 7.14. The van der Waals surface area contributed by atoms with Crippen LogP contribution in [0.5, 0.6) is 0 Å². The van der Waals surface area contributed by atoms with Crippen molar-refractivity contribution in [2.75, 3.05) is 0 Å². The van der Waals surface area contributed by atoms with E-state index in [-0.39, 0.29) is 5.31 Å². The van der Waals surface area contributed by atoms with E-state index in [0.29, 0.717) is 0 Å². The Balaban J connectivity index is 1.43. The van der Waals surface area contributed by atoms with E-state index in [1.807, 2.05) is 6.20 Å². The minimum Gasteiger partial charge on any atom is -0.256 e. The van der Waals surface area contributed by atoms with E-state index in [1.165, 1.54) is 66.3 Å². The molecule has 1 heterocycles. The smallest absolute Gasteiger partial charge is 0.0810 e. The Labute approximate surface area is 188 Å². The summed E-state index contributed by atoms with van der Waals surface area (Å²) >= 11 is 0. The van der Waals surface area contributed by atoms with E-state index >= 15 is 0 Å². The fourth-order valence-electron chi connectivity index (χ4n) is 6.05. The van der Waals surface area contributed by atoms with E-state index in [9.17, 15) is 0 Å². The Morgan fingerprint density at radius 3 is 2.10 bits per heavy atom. The SMILES string of the molecule is [B]C1(c2ccc(-c3ccnc(-c4ccccc4C)c3)cc2)CC2CCCC(CCC2)C1. The number of hydrogen-bond donors (Lipinski definition) is 0. The Bertz CT molecular complexity index is 1010. The zero-order valence-electron chi connectivity index (χ0n) is 18.7. The molecule has 3 saturated carbocycles. The third-order valence-corrected chi connectivity index (χ3v) is 7.73. The summed E-state index contributed by atoms with van der Waals surface area (Å²) in [5, 5.41) is -0.167. The molecule has 3 aliphatic carbocycles. The molecule has 0 N–H and O–H groups in total. The number of rotatable bonds is 3. The molecule has 6 rings (SSSR count). The van der Waals surface area contributed by atoms with Crippen LogP contribution >= 0.6 is 0 Å². The highest BCUT2D eigenvalue weighted by Crippen LogP contribution is 2.45. The molecular weight excluding hydrogens is 373 g/mol. The van der Waals surface area contributed by atoms with Gasteiger partial charge in [-0.1, -0.05) is 92.6 Å². The van der Waals surface area contributed by atoms with Crippen LogP contribution in [0.4, 0.5) is 0 Å². The summed E-state index contributed by atoms with van der Waals surface area (Å²) in [5.74, 6) is 1.59. The summed E-state index contributed by atoms with van der Waals surface area (Å²) < 4.78 is 0. The normalized spacial score (nSPS) is 26.1. The zero-order valence-corrected chi connectivity index (χ0v) is 18.7. The van der Waals surface area contributed by atoms with Crippen LogP contribution in [-0.4, -0.2) is 12.8 Å². The van der Waals surface area contributed by atoms with Crippen LogP contribution in [0.1, 0.15) is 62.5 Å². The summed E-state index contributed by atoms with van der Waals surface area (Å²) in [6.07, 6.45) is 12.5. The Morgan fingerprint density at radius 2 is 1.45 bits per heavy atom.